The maximum atomic E-state index is 11.0. The molecular formula is C12H24N2O. The van der Waals surface area contributed by atoms with Crippen molar-refractivity contribution < 1.29 is 4.79 Å². The summed E-state index contributed by atoms with van der Waals surface area (Å²) < 4.78 is 0. The molecule has 1 aliphatic carbocycles. The third-order valence-electron chi connectivity index (χ3n) is 3.70. The fraction of sp³-hybridized carbons (Fsp3) is 0.917. The Morgan fingerprint density at radius 3 is 2.60 bits per heavy atom. The van der Waals surface area contributed by atoms with E-state index in [0.29, 0.717) is 11.8 Å². The summed E-state index contributed by atoms with van der Waals surface area (Å²) in [5, 5.41) is 6.12. The summed E-state index contributed by atoms with van der Waals surface area (Å²) in [7, 11) is 1.69. The molecule has 0 aromatic carbocycles. The van der Waals surface area contributed by atoms with Crippen LogP contribution in [0.15, 0.2) is 0 Å². The Morgan fingerprint density at radius 2 is 2.13 bits per heavy atom. The van der Waals surface area contributed by atoms with Gasteiger partial charge in [-0.05, 0) is 37.6 Å². The fourth-order valence-corrected chi connectivity index (χ4v) is 2.18. The molecule has 3 heteroatoms. The molecule has 0 aromatic heterocycles. The van der Waals surface area contributed by atoms with E-state index < -0.39 is 0 Å². The van der Waals surface area contributed by atoms with Crippen LogP contribution >= 0.6 is 0 Å². The van der Waals surface area contributed by atoms with Crippen molar-refractivity contribution in [3.63, 3.8) is 0 Å². The van der Waals surface area contributed by atoms with Crippen LogP contribution in [0.3, 0.4) is 0 Å². The average Bonchev–Trinajstić information content (AvgIpc) is 2.20. The first-order valence-electron chi connectivity index (χ1n) is 6.14. The summed E-state index contributed by atoms with van der Waals surface area (Å²) in [5.74, 6) is 0.144. The van der Waals surface area contributed by atoms with Crippen molar-refractivity contribution in [1.82, 2.24) is 10.6 Å². The fourth-order valence-electron chi connectivity index (χ4n) is 2.18. The lowest BCUT2D eigenvalue weighted by Crippen LogP contribution is -2.39. The molecule has 0 radical (unpaired) electrons. The lowest BCUT2D eigenvalue weighted by molar-refractivity contribution is -0.120. The minimum Gasteiger partial charge on any atom is -0.359 e. The molecule has 3 nitrogen and oxygen atoms in total. The molecular weight excluding hydrogens is 188 g/mol. The van der Waals surface area contributed by atoms with Crippen molar-refractivity contribution in [2.75, 3.05) is 20.1 Å². The van der Waals surface area contributed by atoms with Gasteiger partial charge >= 0.3 is 0 Å². The number of amides is 1. The zero-order valence-corrected chi connectivity index (χ0v) is 10.1. The first kappa shape index (κ1) is 12.5. The van der Waals surface area contributed by atoms with Crippen molar-refractivity contribution in [2.45, 2.75) is 45.4 Å². The quantitative estimate of drug-likeness (QED) is 0.630. The Kier molecular flexibility index (Phi) is 5.09. The first-order chi connectivity index (χ1) is 7.22. The van der Waals surface area contributed by atoms with E-state index in [1.165, 1.54) is 25.7 Å². The van der Waals surface area contributed by atoms with E-state index in [1.54, 1.807) is 7.05 Å². The van der Waals surface area contributed by atoms with Crippen LogP contribution in [0.2, 0.25) is 0 Å². The van der Waals surface area contributed by atoms with Gasteiger partial charge < -0.3 is 10.6 Å². The molecule has 15 heavy (non-hydrogen) atoms. The Labute approximate surface area is 93.0 Å². The van der Waals surface area contributed by atoms with Crippen LogP contribution in [0.5, 0.6) is 0 Å². The van der Waals surface area contributed by atoms with E-state index in [1.807, 2.05) is 0 Å². The second kappa shape index (κ2) is 6.11. The van der Waals surface area contributed by atoms with Gasteiger partial charge in [0.1, 0.15) is 0 Å². The summed E-state index contributed by atoms with van der Waals surface area (Å²) in [4.78, 5) is 11.0. The van der Waals surface area contributed by atoms with Gasteiger partial charge in [-0.1, -0.05) is 13.3 Å². The number of carbonyl (C=O) groups excluding carboxylic acids is 1. The first-order valence-corrected chi connectivity index (χ1v) is 6.14. The molecule has 0 aromatic rings. The molecule has 0 aliphatic heterocycles. The maximum absolute atomic E-state index is 11.0. The highest BCUT2D eigenvalue weighted by Gasteiger charge is 2.34. The van der Waals surface area contributed by atoms with Crippen LogP contribution in [0.25, 0.3) is 0 Å². The van der Waals surface area contributed by atoms with E-state index in [4.69, 9.17) is 0 Å². The van der Waals surface area contributed by atoms with Gasteiger partial charge in [-0.3, -0.25) is 4.79 Å². The highest BCUT2D eigenvalue weighted by Crippen LogP contribution is 2.42. The van der Waals surface area contributed by atoms with Gasteiger partial charge in [0.05, 0.1) is 0 Å². The monoisotopic (exact) mass is 212 g/mol. The molecule has 0 saturated heterocycles. The van der Waals surface area contributed by atoms with Gasteiger partial charge in [0.25, 0.3) is 0 Å². The SMILES string of the molecule is CCC1(CNCCCC(=O)NC)CCC1. The Hall–Kier alpha value is -0.570. The molecule has 0 spiro atoms. The topological polar surface area (TPSA) is 41.1 Å². The van der Waals surface area contributed by atoms with E-state index in [0.717, 1.165) is 19.5 Å². The van der Waals surface area contributed by atoms with Gasteiger partial charge in [0.2, 0.25) is 5.91 Å². The predicted octanol–water partition coefficient (Wildman–Crippen LogP) is 1.68. The van der Waals surface area contributed by atoms with E-state index >= 15 is 0 Å². The number of rotatable bonds is 7. The van der Waals surface area contributed by atoms with E-state index in [-0.39, 0.29) is 5.91 Å². The summed E-state index contributed by atoms with van der Waals surface area (Å²) in [6.07, 6.45) is 7.03. The summed E-state index contributed by atoms with van der Waals surface area (Å²) in [5.41, 5.74) is 0.590. The third kappa shape index (κ3) is 3.82. The molecule has 1 fully saturated rings. The number of hydrogen-bond acceptors (Lipinski definition) is 2. The highest BCUT2D eigenvalue weighted by molar-refractivity contribution is 5.75. The third-order valence-corrected chi connectivity index (χ3v) is 3.70. The molecule has 2 N–H and O–H groups in total. The molecule has 1 rings (SSSR count). The van der Waals surface area contributed by atoms with Gasteiger partial charge in [-0.2, -0.15) is 0 Å². The molecule has 1 saturated carbocycles. The van der Waals surface area contributed by atoms with E-state index in [9.17, 15) is 4.79 Å². The van der Waals surface area contributed by atoms with Gasteiger partial charge in [-0.15, -0.1) is 0 Å². The predicted molar refractivity (Wildman–Crippen MR) is 62.7 cm³/mol. The highest BCUT2D eigenvalue weighted by atomic mass is 16.1. The molecule has 0 bridgehead atoms. The second-order valence-electron chi connectivity index (χ2n) is 4.66. The molecule has 0 heterocycles. The average molecular weight is 212 g/mol. The normalized spacial score (nSPS) is 18.3. The number of nitrogens with one attached hydrogen (secondary N) is 2. The van der Waals surface area contributed by atoms with Crippen LogP contribution in [0.4, 0.5) is 0 Å². The van der Waals surface area contributed by atoms with Crippen molar-refractivity contribution in [1.29, 1.82) is 0 Å². The standard InChI is InChI=1S/C12H24N2O/c1-3-12(7-5-8-12)10-14-9-4-6-11(15)13-2/h14H,3-10H2,1-2H3,(H,13,15). The second-order valence-corrected chi connectivity index (χ2v) is 4.66. The molecule has 1 aliphatic rings. The lowest BCUT2D eigenvalue weighted by Gasteiger charge is -2.41. The Bertz CT molecular complexity index is 194. The van der Waals surface area contributed by atoms with Gasteiger partial charge in [-0.25, -0.2) is 0 Å². The zero-order valence-electron chi connectivity index (χ0n) is 10.1. The zero-order chi connectivity index (χ0) is 11.1. The number of hydrogen-bond donors (Lipinski definition) is 2. The van der Waals surface area contributed by atoms with E-state index in [2.05, 4.69) is 17.6 Å². The maximum Gasteiger partial charge on any atom is 0.219 e. The van der Waals surface area contributed by atoms with Crippen LogP contribution in [0.1, 0.15) is 45.4 Å². The molecule has 0 unspecified atom stereocenters. The van der Waals surface area contributed by atoms with Crippen LogP contribution in [-0.2, 0) is 4.79 Å². The Morgan fingerprint density at radius 1 is 1.40 bits per heavy atom. The van der Waals surface area contributed by atoms with Crippen LogP contribution in [-0.4, -0.2) is 26.0 Å². The van der Waals surface area contributed by atoms with Gasteiger partial charge in [0.15, 0.2) is 0 Å². The smallest absolute Gasteiger partial charge is 0.219 e. The summed E-state index contributed by atoms with van der Waals surface area (Å²) in [6.45, 7) is 4.39. The summed E-state index contributed by atoms with van der Waals surface area (Å²) >= 11 is 0. The van der Waals surface area contributed by atoms with Crippen molar-refractivity contribution >= 4 is 5.91 Å². The van der Waals surface area contributed by atoms with Crippen LogP contribution < -0.4 is 10.6 Å². The van der Waals surface area contributed by atoms with Crippen LogP contribution in [0, 0.1) is 5.41 Å². The number of carbonyl (C=O) groups is 1. The van der Waals surface area contributed by atoms with Gasteiger partial charge in [0, 0.05) is 20.0 Å². The summed E-state index contributed by atoms with van der Waals surface area (Å²) in [6, 6.07) is 0. The lowest BCUT2D eigenvalue weighted by atomic mass is 9.67. The van der Waals surface area contributed by atoms with Crippen molar-refractivity contribution in [3.8, 4) is 0 Å². The minimum absolute atomic E-state index is 0.144. The minimum atomic E-state index is 0.144. The Balaban J connectivity index is 1.99. The van der Waals surface area contributed by atoms with Crippen molar-refractivity contribution in [2.24, 2.45) is 5.41 Å². The molecule has 88 valence electrons. The molecule has 0 atom stereocenters. The van der Waals surface area contributed by atoms with Crippen molar-refractivity contribution in [3.05, 3.63) is 0 Å². The molecule has 1 amide bonds. The largest absolute Gasteiger partial charge is 0.359 e.